The monoisotopic (exact) mass is 232 g/mol. The molecule has 0 aromatic heterocycles. The van der Waals surface area contributed by atoms with Gasteiger partial charge >= 0.3 is 0 Å². The van der Waals surface area contributed by atoms with Crippen LogP contribution in [-0.2, 0) is 0 Å². The van der Waals surface area contributed by atoms with E-state index in [0.717, 1.165) is 0 Å². The molecule has 0 spiro atoms. The maximum atomic E-state index is 8.90. The minimum Gasteiger partial charge on any atom is -0.192 e. The Labute approximate surface area is 104 Å². The molecule has 84 valence electrons. The van der Waals surface area contributed by atoms with Crippen molar-refractivity contribution in [1.29, 1.82) is 10.5 Å². The summed E-state index contributed by atoms with van der Waals surface area (Å²) >= 11 is 0. The van der Waals surface area contributed by atoms with Gasteiger partial charge in [0.15, 0.2) is 0 Å². The third-order valence-corrected chi connectivity index (χ3v) is 2.29. The first kappa shape index (κ1) is 11.5. The molecular weight excluding hydrogens is 224 g/mol. The van der Waals surface area contributed by atoms with Crippen LogP contribution in [-0.4, -0.2) is 0 Å². The number of azo groups is 1. The van der Waals surface area contributed by atoms with Gasteiger partial charge in [0.05, 0.1) is 22.9 Å². The van der Waals surface area contributed by atoms with Gasteiger partial charge in [-0.05, 0) is 36.4 Å². The van der Waals surface area contributed by atoms with Gasteiger partial charge in [-0.1, -0.05) is 12.1 Å². The van der Waals surface area contributed by atoms with Crippen LogP contribution in [0.15, 0.2) is 58.8 Å². The van der Waals surface area contributed by atoms with E-state index in [9.17, 15) is 0 Å². The average molecular weight is 232 g/mol. The Hall–Kier alpha value is -2.98. The lowest BCUT2D eigenvalue weighted by Crippen LogP contribution is -1.74. The van der Waals surface area contributed by atoms with E-state index in [1.165, 1.54) is 0 Å². The van der Waals surface area contributed by atoms with Crippen LogP contribution in [0.25, 0.3) is 0 Å². The fraction of sp³-hybridized carbons (Fsp3) is 0. The molecule has 0 saturated heterocycles. The predicted octanol–water partition coefficient (Wildman–Crippen LogP) is 3.85. The summed E-state index contributed by atoms with van der Waals surface area (Å²) in [5.74, 6) is 0. The molecule has 0 atom stereocenters. The SMILES string of the molecule is N#Cc1ccc(N=Nc2ccccc2C#N)cc1. The highest BCUT2D eigenvalue weighted by Crippen LogP contribution is 2.21. The minimum atomic E-state index is 0.481. The Bertz CT molecular complexity index is 657. The summed E-state index contributed by atoms with van der Waals surface area (Å²) in [4.78, 5) is 0. The van der Waals surface area contributed by atoms with Crippen molar-refractivity contribution >= 4 is 11.4 Å². The van der Waals surface area contributed by atoms with Gasteiger partial charge < -0.3 is 0 Å². The topological polar surface area (TPSA) is 72.3 Å². The van der Waals surface area contributed by atoms with Crippen molar-refractivity contribution in [2.45, 2.75) is 0 Å². The van der Waals surface area contributed by atoms with Crippen LogP contribution < -0.4 is 0 Å². The molecule has 0 aliphatic heterocycles. The smallest absolute Gasteiger partial charge is 0.103 e. The molecule has 0 fully saturated rings. The van der Waals surface area contributed by atoms with Gasteiger partial charge in [-0.3, -0.25) is 0 Å². The lowest BCUT2D eigenvalue weighted by atomic mass is 10.2. The van der Waals surface area contributed by atoms with Gasteiger partial charge in [-0.2, -0.15) is 15.6 Å². The summed E-state index contributed by atoms with van der Waals surface area (Å²) in [7, 11) is 0. The molecule has 2 aromatic carbocycles. The summed E-state index contributed by atoms with van der Waals surface area (Å²) in [6, 6.07) is 17.8. The highest BCUT2D eigenvalue weighted by Gasteiger charge is 1.98. The van der Waals surface area contributed by atoms with E-state index in [1.54, 1.807) is 48.5 Å². The third kappa shape index (κ3) is 2.58. The van der Waals surface area contributed by atoms with E-state index in [-0.39, 0.29) is 0 Å². The first-order valence-electron chi connectivity index (χ1n) is 5.24. The van der Waals surface area contributed by atoms with Crippen LogP contribution in [0.5, 0.6) is 0 Å². The zero-order chi connectivity index (χ0) is 12.8. The second-order valence-electron chi connectivity index (χ2n) is 3.49. The molecule has 4 heteroatoms. The van der Waals surface area contributed by atoms with Crippen molar-refractivity contribution in [2.75, 3.05) is 0 Å². The molecule has 0 aliphatic carbocycles. The normalized spacial score (nSPS) is 9.89. The van der Waals surface area contributed by atoms with Gasteiger partial charge in [-0.15, -0.1) is 5.11 Å². The molecule has 0 N–H and O–H groups in total. The largest absolute Gasteiger partial charge is 0.192 e. The van der Waals surface area contributed by atoms with Gasteiger partial charge in [0, 0.05) is 0 Å². The van der Waals surface area contributed by atoms with Crippen LogP contribution >= 0.6 is 0 Å². The van der Waals surface area contributed by atoms with Crippen molar-refractivity contribution in [2.24, 2.45) is 10.2 Å². The predicted molar refractivity (Wildman–Crippen MR) is 66.5 cm³/mol. The number of nitriles is 2. The van der Waals surface area contributed by atoms with Gasteiger partial charge in [0.1, 0.15) is 11.8 Å². The van der Waals surface area contributed by atoms with Crippen molar-refractivity contribution in [1.82, 2.24) is 0 Å². The van der Waals surface area contributed by atoms with E-state index in [2.05, 4.69) is 16.3 Å². The van der Waals surface area contributed by atoms with E-state index >= 15 is 0 Å². The molecule has 0 amide bonds. The fourth-order valence-electron chi connectivity index (χ4n) is 1.37. The fourth-order valence-corrected chi connectivity index (χ4v) is 1.37. The van der Waals surface area contributed by atoms with Crippen molar-refractivity contribution in [3.63, 3.8) is 0 Å². The van der Waals surface area contributed by atoms with E-state index in [4.69, 9.17) is 10.5 Å². The molecule has 0 unspecified atom stereocenters. The van der Waals surface area contributed by atoms with E-state index < -0.39 is 0 Å². The summed E-state index contributed by atoms with van der Waals surface area (Å²) in [5, 5.41) is 25.6. The second kappa shape index (κ2) is 5.38. The zero-order valence-electron chi connectivity index (χ0n) is 9.41. The number of nitrogens with zero attached hydrogens (tertiary/aromatic N) is 4. The van der Waals surface area contributed by atoms with E-state index in [0.29, 0.717) is 22.5 Å². The Morgan fingerprint density at radius 3 is 2.17 bits per heavy atom. The summed E-state index contributed by atoms with van der Waals surface area (Å²) < 4.78 is 0. The molecule has 2 aromatic rings. The zero-order valence-corrected chi connectivity index (χ0v) is 9.41. The first-order chi connectivity index (χ1) is 8.83. The van der Waals surface area contributed by atoms with Crippen LogP contribution in [0.1, 0.15) is 11.1 Å². The first-order valence-corrected chi connectivity index (χ1v) is 5.24. The molecule has 0 aliphatic rings. The highest BCUT2D eigenvalue weighted by molar-refractivity contribution is 5.53. The van der Waals surface area contributed by atoms with Crippen molar-refractivity contribution < 1.29 is 0 Å². The van der Waals surface area contributed by atoms with Gasteiger partial charge in [0.25, 0.3) is 0 Å². The number of hydrogen-bond donors (Lipinski definition) is 0. The second-order valence-corrected chi connectivity index (χ2v) is 3.49. The summed E-state index contributed by atoms with van der Waals surface area (Å²) in [6.45, 7) is 0. The Balaban J connectivity index is 2.25. The highest BCUT2D eigenvalue weighted by atomic mass is 15.1. The molecule has 18 heavy (non-hydrogen) atoms. The third-order valence-electron chi connectivity index (χ3n) is 2.29. The molecule has 4 nitrogen and oxygen atoms in total. The molecule has 0 saturated carbocycles. The molecule has 0 radical (unpaired) electrons. The Kier molecular flexibility index (Phi) is 3.44. The minimum absolute atomic E-state index is 0.481. The Morgan fingerprint density at radius 2 is 1.50 bits per heavy atom. The lowest BCUT2D eigenvalue weighted by molar-refractivity contribution is 1.22. The molecule has 0 bridgehead atoms. The average Bonchev–Trinajstić information content (AvgIpc) is 2.46. The van der Waals surface area contributed by atoms with Crippen LogP contribution in [0, 0.1) is 22.7 Å². The Morgan fingerprint density at radius 1 is 0.778 bits per heavy atom. The van der Waals surface area contributed by atoms with Crippen LogP contribution in [0.4, 0.5) is 11.4 Å². The maximum Gasteiger partial charge on any atom is 0.103 e. The molecule has 2 rings (SSSR count). The molecule has 0 heterocycles. The molecular formula is C14H8N4. The van der Waals surface area contributed by atoms with Crippen molar-refractivity contribution in [3.8, 4) is 12.1 Å². The summed E-state index contributed by atoms with van der Waals surface area (Å²) in [6.07, 6.45) is 0. The number of rotatable bonds is 2. The van der Waals surface area contributed by atoms with Crippen molar-refractivity contribution in [3.05, 3.63) is 59.7 Å². The van der Waals surface area contributed by atoms with E-state index in [1.807, 2.05) is 6.07 Å². The number of benzene rings is 2. The standard InChI is InChI=1S/C14H8N4/c15-9-11-5-7-13(8-6-11)17-18-14-4-2-1-3-12(14)10-16/h1-8H. The maximum absolute atomic E-state index is 8.90. The lowest BCUT2D eigenvalue weighted by Gasteiger charge is -1.95. The van der Waals surface area contributed by atoms with Gasteiger partial charge in [0.2, 0.25) is 0 Å². The summed E-state index contributed by atoms with van der Waals surface area (Å²) in [5.41, 5.74) is 2.23. The van der Waals surface area contributed by atoms with Crippen LogP contribution in [0.3, 0.4) is 0 Å². The van der Waals surface area contributed by atoms with Crippen LogP contribution in [0.2, 0.25) is 0 Å². The quantitative estimate of drug-likeness (QED) is 0.737. The number of hydrogen-bond acceptors (Lipinski definition) is 4. The van der Waals surface area contributed by atoms with Gasteiger partial charge in [-0.25, -0.2) is 0 Å².